The van der Waals surface area contributed by atoms with E-state index in [-0.39, 0.29) is 18.8 Å². The Morgan fingerprint density at radius 2 is 1.96 bits per heavy atom. The lowest BCUT2D eigenvalue weighted by atomic mass is 10.2. The first-order valence-electron chi connectivity index (χ1n) is 7.86. The number of fused-ring (bicyclic) bond motifs is 1. The summed E-state index contributed by atoms with van der Waals surface area (Å²) in [6, 6.07) is 12.4. The first kappa shape index (κ1) is 16.7. The van der Waals surface area contributed by atoms with Crippen LogP contribution in [0.25, 0.3) is 5.65 Å². The molecule has 2 heterocycles. The Hall–Kier alpha value is -3.15. The maximum absolute atomic E-state index is 12.1. The summed E-state index contributed by atoms with van der Waals surface area (Å²) < 4.78 is 12.0. The minimum Gasteiger partial charge on any atom is -0.482 e. The van der Waals surface area contributed by atoms with Gasteiger partial charge in [-0.2, -0.15) is 0 Å². The molecule has 0 N–H and O–H groups in total. The smallest absolute Gasteiger partial charge is 0.344 e. The van der Waals surface area contributed by atoms with Crippen LogP contribution in [-0.2, 0) is 16.1 Å². The number of hydrogen-bond donors (Lipinski definition) is 0. The number of aryl methyl sites for hydroxylation is 2. The van der Waals surface area contributed by atoms with Gasteiger partial charge in [-0.25, -0.2) is 9.78 Å². The predicted octanol–water partition coefficient (Wildman–Crippen LogP) is 2.43. The van der Waals surface area contributed by atoms with Crippen molar-refractivity contribution in [3.63, 3.8) is 0 Å². The fourth-order valence-electron chi connectivity index (χ4n) is 2.38. The fraction of sp³-hybridized carbons (Fsp3) is 0.211. The maximum atomic E-state index is 12.1. The van der Waals surface area contributed by atoms with E-state index in [1.54, 1.807) is 18.3 Å². The summed E-state index contributed by atoms with van der Waals surface area (Å²) in [7, 11) is 0. The van der Waals surface area contributed by atoms with Gasteiger partial charge in [0.25, 0.3) is 5.56 Å². The molecule has 0 aliphatic heterocycles. The van der Waals surface area contributed by atoms with Gasteiger partial charge in [0, 0.05) is 12.3 Å². The SMILES string of the molecule is Cc1ccc2nc(COC(=O)COc3ccccc3C)cc(=O)n2c1. The van der Waals surface area contributed by atoms with E-state index in [2.05, 4.69) is 4.98 Å². The average Bonchev–Trinajstić information content (AvgIpc) is 2.60. The molecule has 1 aromatic carbocycles. The van der Waals surface area contributed by atoms with Crippen molar-refractivity contribution < 1.29 is 14.3 Å². The third kappa shape index (κ3) is 4.03. The molecule has 6 nitrogen and oxygen atoms in total. The molecule has 0 radical (unpaired) electrons. The van der Waals surface area contributed by atoms with Gasteiger partial charge in [-0.05, 0) is 37.1 Å². The molecule has 0 aliphatic rings. The van der Waals surface area contributed by atoms with Crippen LogP contribution in [0, 0.1) is 13.8 Å². The number of benzene rings is 1. The van der Waals surface area contributed by atoms with Crippen LogP contribution < -0.4 is 10.3 Å². The molecule has 0 atom stereocenters. The lowest BCUT2D eigenvalue weighted by Crippen LogP contribution is -2.19. The van der Waals surface area contributed by atoms with E-state index in [1.165, 1.54) is 10.5 Å². The molecule has 0 bridgehead atoms. The third-order valence-electron chi connectivity index (χ3n) is 3.68. The highest BCUT2D eigenvalue weighted by Gasteiger charge is 2.08. The minimum atomic E-state index is -0.519. The summed E-state index contributed by atoms with van der Waals surface area (Å²) in [4.78, 5) is 28.3. The van der Waals surface area contributed by atoms with Gasteiger partial charge in [0.1, 0.15) is 18.0 Å². The van der Waals surface area contributed by atoms with Gasteiger partial charge < -0.3 is 9.47 Å². The van der Waals surface area contributed by atoms with Gasteiger partial charge in [-0.3, -0.25) is 9.20 Å². The second-order valence-corrected chi connectivity index (χ2v) is 5.74. The van der Waals surface area contributed by atoms with Crippen LogP contribution in [0.5, 0.6) is 5.75 Å². The van der Waals surface area contributed by atoms with Gasteiger partial charge in [-0.1, -0.05) is 24.3 Å². The molecule has 2 aromatic heterocycles. The fourth-order valence-corrected chi connectivity index (χ4v) is 2.38. The van der Waals surface area contributed by atoms with Crippen LogP contribution >= 0.6 is 0 Å². The van der Waals surface area contributed by atoms with E-state index in [4.69, 9.17) is 9.47 Å². The van der Waals surface area contributed by atoms with Crippen LogP contribution in [0.4, 0.5) is 0 Å². The number of pyridine rings is 1. The summed E-state index contributed by atoms with van der Waals surface area (Å²) in [5.74, 6) is 0.117. The van der Waals surface area contributed by atoms with E-state index in [0.29, 0.717) is 17.1 Å². The van der Waals surface area contributed by atoms with Crippen LogP contribution in [0.15, 0.2) is 53.5 Å². The van der Waals surface area contributed by atoms with Crippen molar-refractivity contribution in [3.05, 3.63) is 75.8 Å². The highest BCUT2D eigenvalue weighted by Crippen LogP contribution is 2.16. The zero-order valence-corrected chi connectivity index (χ0v) is 14.1. The van der Waals surface area contributed by atoms with Crippen molar-refractivity contribution in [2.24, 2.45) is 0 Å². The highest BCUT2D eigenvalue weighted by molar-refractivity contribution is 5.71. The van der Waals surface area contributed by atoms with Crippen molar-refractivity contribution in [1.82, 2.24) is 9.38 Å². The Bertz CT molecular complexity index is 979. The molecule has 6 heteroatoms. The van der Waals surface area contributed by atoms with Gasteiger partial charge in [0.2, 0.25) is 0 Å². The molecule has 0 fully saturated rings. The molecule has 0 unspecified atom stereocenters. The number of aromatic nitrogens is 2. The molecular formula is C19H18N2O4. The van der Waals surface area contributed by atoms with Crippen molar-refractivity contribution in [1.29, 1.82) is 0 Å². The topological polar surface area (TPSA) is 69.9 Å². The van der Waals surface area contributed by atoms with Gasteiger partial charge >= 0.3 is 5.97 Å². The number of nitrogens with zero attached hydrogens (tertiary/aromatic N) is 2. The molecule has 0 aliphatic carbocycles. The Kier molecular flexibility index (Phi) is 4.79. The highest BCUT2D eigenvalue weighted by atomic mass is 16.6. The summed E-state index contributed by atoms with van der Waals surface area (Å²) in [5.41, 5.74) is 2.60. The van der Waals surface area contributed by atoms with Crippen LogP contribution in [-0.4, -0.2) is 22.0 Å². The van der Waals surface area contributed by atoms with Crippen LogP contribution in [0.2, 0.25) is 0 Å². The number of rotatable bonds is 5. The molecule has 0 saturated heterocycles. The van der Waals surface area contributed by atoms with E-state index < -0.39 is 5.97 Å². The second kappa shape index (κ2) is 7.17. The van der Waals surface area contributed by atoms with E-state index in [0.717, 1.165) is 11.1 Å². The van der Waals surface area contributed by atoms with Crippen LogP contribution in [0.3, 0.4) is 0 Å². The van der Waals surface area contributed by atoms with E-state index >= 15 is 0 Å². The number of esters is 1. The zero-order chi connectivity index (χ0) is 17.8. The quantitative estimate of drug-likeness (QED) is 0.668. The first-order chi connectivity index (χ1) is 12.0. The first-order valence-corrected chi connectivity index (χ1v) is 7.86. The minimum absolute atomic E-state index is 0.0738. The second-order valence-electron chi connectivity index (χ2n) is 5.74. The lowest BCUT2D eigenvalue weighted by molar-refractivity contribution is -0.147. The Morgan fingerprint density at radius 1 is 1.16 bits per heavy atom. The number of carbonyl (C=O) groups is 1. The molecule has 0 saturated carbocycles. The van der Waals surface area contributed by atoms with E-state index in [1.807, 2.05) is 38.1 Å². The largest absolute Gasteiger partial charge is 0.482 e. The Balaban J connectivity index is 1.62. The summed E-state index contributed by atoms with van der Waals surface area (Å²) in [6.45, 7) is 3.52. The van der Waals surface area contributed by atoms with Gasteiger partial charge in [0.15, 0.2) is 6.61 Å². The molecule has 25 heavy (non-hydrogen) atoms. The molecular weight excluding hydrogens is 320 g/mol. The predicted molar refractivity (Wildman–Crippen MR) is 92.7 cm³/mol. The molecule has 0 amide bonds. The summed E-state index contributed by atoms with van der Waals surface area (Å²) >= 11 is 0. The third-order valence-corrected chi connectivity index (χ3v) is 3.68. The molecule has 0 spiro atoms. The Labute approximate surface area is 144 Å². The Morgan fingerprint density at radius 3 is 2.76 bits per heavy atom. The normalized spacial score (nSPS) is 10.6. The maximum Gasteiger partial charge on any atom is 0.344 e. The summed E-state index contributed by atoms with van der Waals surface area (Å²) in [6.07, 6.45) is 1.72. The monoisotopic (exact) mass is 338 g/mol. The molecule has 3 rings (SSSR count). The number of carbonyl (C=O) groups excluding carboxylic acids is 1. The van der Waals surface area contributed by atoms with Crippen molar-refractivity contribution in [2.45, 2.75) is 20.5 Å². The average molecular weight is 338 g/mol. The standard InChI is InChI=1S/C19H18N2O4/c1-13-7-8-17-20-15(9-18(22)21(17)10-13)11-25-19(23)12-24-16-6-4-3-5-14(16)2/h3-10H,11-12H2,1-2H3. The van der Waals surface area contributed by atoms with Gasteiger partial charge in [0.05, 0.1) is 5.69 Å². The van der Waals surface area contributed by atoms with E-state index in [9.17, 15) is 9.59 Å². The number of hydrogen-bond acceptors (Lipinski definition) is 5. The number of ether oxygens (including phenoxy) is 2. The zero-order valence-electron chi connectivity index (χ0n) is 14.1. The molecule has 3 aromatic rings. The molecule has 128 valence electrons. The van der Waals surface area contributed by atoms with Gasteiger partial charge in [-0.15, -0.1) is 0 Å². The van der Waals surface area contributed by atoms with Crippen molar-refractivity contribution in [2.75, 3.05) is 6.61 Å². The van der Waals surface area contributed by atoms with Crippen LogP contribution in [0.1, 0.15) is 16.8 Å². The van der Waals surface area contributed by atoms with Crippen molar-refractivity contribution >= 4 is 11.6 Å². The lowest BCUT2D eigenvalue weighted by Gasteiger charge is -2.09. The summed E-state index contributed by atoms with van der Waals surface area (Å²) in [5, 5.41) is 0. The number of para-hydroxylation sites is 1. The van der Waals surface area contributed by atoms with Crippen molar-refractivity contribution in [3.8, 4) is 5.75 Å².